The summed E-state index contributed by atoms with van der Waals surface area (Å²) in [6.45, 7) is 5.14. The molecule has 2 aromatic rings. The predicted octanol–water partition coefficient (Wildman–Crippen LogP) is 3.63. The molecule has 2 aromatic heterocycles. The molecule has 0 saturated carbocycles. The number of nitrogens with zero attached hydrogens (tertiary/aromatic N) is 1. The zero-order chi connectivity index (χ0) is 11.4. The van der Waals surface area contributed by atoms with Crippen molar-refractivity contribution in [2.75, 3.05) is 5.32 Å². The fourth-order valence-corrected chi connectivity index (χ4v) is 2.56. The molecule has 84 valence electrons. The van der Waals surface area contributed by atoms with Gasteiger partial charge in [0.2, 0.25) is 0 Å². The maximum Gasteiger partial charge on any atom is 0.126 e. The lowest BCUT2D eigenvalue weighted by Crippen LogP contribution is -2.01. The summed E-state index contributed by atoms with van der Waals surface area (Å²) in [5.74, 6) is 0.954. The summed E-state index contributed by atoms with van der Waals surface area (Å²) in [5.41, 5.74) is 2.67. The molecule has 0 saturated heterocycles. The van der Waals surface area contributed by atoms with Crippen LogP contribution >= 0.6 is 11.3 Å². The quantitative estimate of drug-likeness (QED) is 0.870. The number of hydrogen-bond acceptors (Lipinski definition) is 3. The van der Waals surface area contributed by atoms with Gasteiger partial charge in [-0.3, -0.25) is 0 Å². The molecule has 0 amide bonds. The summed E-state index contributed by atoms with van der Waals surface area (Å²) in [5, 5.41) is 5.51. The van der Waals surface area contributed by atoms with Crippen molar-refractivity contribution in [1.82, 2.24) is 4.98 Å². The van der Waals surface area contributed by atoms with E-state index < -0.39 is 0 Å². The van der Waals surface area contributed by atoms with E-state index in [0.717, 1.165) is 18.8 Å². The number of thiophene rings is 1. The highest BCUT2D eigenvalue weighted by Gasteiger charge is 2.02. The Bertz CT molecular complexity index is 462. The molecule has 0 aliphatic rings. The van der Waals surface area contributed by atoms with Gasteiger partial charge in [0.15, 0.2) is 0 Å². The van der Waals surface area contributed by atoms with E-state index in [2.05, 4.69) is 41.7 Å². The van der Waals surface area contributed by atoms with Crippen LogP contribution in [0.3, 0.4) is 0 Å². The Morgan fingerprint density at radius 3 is 3.00 bits per heavy atom. The van der Waals surface area contributed by atoms with Crippen LogP contribution in [0.5, 0.6) is 0 Å². The van der Waals surface area contributed by atoms with Gasteiger partial charge in [0, 0.05) is 11.1 Å². The van der Waals surface area contributed by atoms with Gasteiger partial charge in [-0.05, 0) is 48.1 Å². The molecule has 0 aliphatic carbocycles. The molecule has 0 aromatic carbocycles. The average Bonchev–Trinajstić information content (AvgIpc) is 2.74. The smallest absolute Gasteiger partial charge is 0.126 e. The van der Waals surface area contributed by atoms with E-state index in [0.29, 0.717) is 0 Å². The number of anilines is 1. The summed E-state index contributed by atoms with van der Waals surface area (Å²) >= 11 is 1.81. The van der Waals surface area contributed by atoms with Crippen LogP contribution in [0.1, 0.15) is 22.9 Å². The van der Waals surface area contributed by atoms with Crippen molar-refractivity contribution >= 4 is 17.2 Å². The van der Waals surface area contributed by atoms with Gasteiger partial charge < -0.3 is 5.32 Å². The van der Waals surface area contributed by atoms with Crippen LogP contribution in [0.25, 0.3) is 0 Å². The van der Waals surface area contributed by atoms with Crippen molar-refractivity contribution in [1.29, 1.82) is 0 Å². The molecule has 0 fully saturated rings. The van der Waals surface area contributed by atoms with Gasteiger partial charge in [0.25, 0.3) is 0 Å². The molecule has 3 heteroatoms. The zero-order valence-electron chi connectivity index (χ0n) is 9.66. The van der Waals surface area contributed by atoms with Crippen LogP contribution in [-0.2, 0) is 13.0 Å². The second-order valence-electron chi connectivity index (χ2n) is 3.79. The van der Waals surface area contributed by atoms with Crippen LogP contribution < -0.4 is 5.32 Å². The molecule has 0 radical (unpaired) electrons. The molecular weight excluding hydrogens is 216 g/mol. The van der Waals surface area contributed by atoms with E-state index >= 15 is 0 Å². The van der Waals surface area contributed by atoms with Crippen LogP contribution in [0.2, 0.25) is 0 Å². The minimum atomic E-state index is 0.872. The fraction of sp³-hybridized carbons (Fsp3) is 0.308. The summed E-state index contributed by atoms with van der Waals surface area (Å²) in [6.07, 6.45) is 2.94. The third kappa shape index (κ3) is 2.61. The zero-order valence-corrected chi connectivity index (χ0v) is 10.5. The van der Waals surface area contributed by atoms with Gasteiger partial charge in [-0.2, -0.15) is 0 Å². The molecule has 0 spiro atoms. The first-order valence-corrected chi connectivity index (χ1v) is 6.39. The molecule has 16 heavy (non-hydrogen) atoms. The van der Waals surface area contributed by atoms with Crippen LogP contribution in [-0.4, -0.2) is 4.98 Å². The van der Waals surface area contributed by atoms with Crippen molar-refractivity contribution in [2.45, 2.75) is 26.8 Å². The molecule has 2 heterocycles. The maximum absolute atomic E-state index is 4.29. The summed E-state index contributed by atoms with van der Waals surface area (Å²) in [6, 6.07) is 6.28. The highest BCUT2D eigenvalue weighted by atomic mass is 32.1. The van der Waals surface area contributed by atoms with Gasteiger partial charge in [0.1, 0.15) is 5.82 Å². The van der Waals surface area contributed by atoms with Crippen molar-refractivity contribution in [2.24, 2.45) is 0 Å². The maximum atomic E-state index is 4.29. The lowest BCUT2D eigenvalue weighted by Gasteiger charge is -2.06. The Labute approximate surface area is 100 Å². The van der Waals surface area contributed by atoms with Crippen molar-refractivity contribution in [3.05, 3.63) is 45.8 Å². The summed E-state index contributed by atoms with van der Waals surface area (Å²) in [4.78, 5) is 5.70. The number of rotatable bonds is 4. The molecule has 2 nitrogen and oxygen atoms in total. The average molecular weight is 232 g/mol. The largest absolute Gasteiger partial charge is 0.365 e. The molecule has 0 aliphatic heterocycles. The second-order valence-corrected chi connectivity index (χ2v) is 4.80. The standard InChI is InChI=1S/C13H16N2S/c1-3-11-5-7-16-12(11)9-15-13-8-10(2)4-6-14-13/h4-8H,3,9H2,1-2H3,(H,14,15). The number of aromatic nitrogens is 1. The normalized spacial score (nSPS) is 10.4. The SMILES string of the molecule is CCc1ccsc1CNc1cc(C)ccn1. The van der Waals surface area contributed by atoms with E-state index in [-0.39, 0.29) is 0 Å². The molecule has 1 N–H and O–H groups in total. The van der Waals surface area contributed by atoms with Gasteiger partial charge in [0.05, 0.1) is 6.54 Å². The number of nitrogens with one attached hydrogen (secondary N) is 1. The van der Waals surface area contributed by atoms with Crippen molar-refractivity contribution in [3.8, 4) is 0 Å². The van der Waals surface area contributed by atoms with E-state index in [1.54, 1.807) is 0 Å². The molecule has 0 bridgehead atoms. The highest BCUT2D eigenvalue weighted by molar-refractivity contribution is 7.10. The lowest BCUT2D eigenvalue weighted by atomic mass is 10.2. The minimum absolute atomic E-state index is 0.872. The molecular formula is C13H16N2S. The first kappa shape index (κ1) is 11.1. The number of pyridine rings is 1. The Balaban J connectivity index is 2.02. The lowest BCUT2D eigenvalue weighted by molar-refractivity contribution is 1.06. The Kier molecular flexibility index (Phi) is 3.57. The number of hydrogen-bond donors (Lipinski definition) is 1. The van der Waals surface area contributed by atoms with E-state index in [9.17, 15) is 0 Å². The van der Waals surface area contributed by atoms with Crippen LogP contribution in [0, 0.1) is 6.92 Å². The van der Waals surface area contributed by atoms with Gasteiger partial charge >= 0.3 is 0 Å². The first-order valence-electron chi connectivity index (χ1n) is 5.51. The third-order valence-corrected chi connectivity index (χ3v) is 3.53. The van der Waals surface area contributed by atoms with Crippen molar-refractivity contribution < 1.29 is 0 Å². The highest BCUT2D eigenvalue weighted by Crippen LogP contribution is 2.18. The van der Waals surface area contributed by atoms with Crippen LogP contribution in [0.4, 0.5) is 5.82 Å². The Morgan fingerprint density at radius 2 is 2.25 bits per heavy atom. The molecule has 0 atom stereocenters. The Morgan fingerprint density at radius 1 is 1.38 bits per heavy atom. The monoisotopic (exact) mass is 232 g/mol. The van der Waals surface area contributed by atoms with Gasteiger partial charge in [-0.25, -0.2) is 4.98 Å². The first-order chi connectivity index (χ1) is 7.79. The fourth-order valence-electron chi connectivity index (χ4n) is 1.64. The Hall–Kier alpha value is -1.35. The molecule has 2 rings (SSSR count). The summed E-state index contributed by atoms with van der Waals surface area (Å²) in [7, 11) is 0. The number of aryl methyl sites for hydroxylation is 2. The van der Waals surface area contributed by atoms with Crippen molar-refractivity contribution in [3.63, 3.8) is 0 Å². The predicted molar refractivity (Wildman–Crippen MR) is 70.0 cm³/mol. The van der Waals surface area contributed by atoms with Gasteiger partial charge in [-0.15, -0.1) is 11.3 Å². The van der Waals surface area contributed by atoms with Gasteiger partial charge in [-0.1, -0.05) is 6.92 Å². The third-order valence-electron chi connectivity index (χ3n) is 2.56. The topological polar surface area (TPSA) is 24.9 Å². The summed E-state index contributed by atoms with van der Waals surface area (Å²) < 4.78 is 0. The minimum Gasteiger partial charge on any atom is -0.365 e. The van der Waals surface area contributed by atoms with E-state index in [4.69, 9.17) is 0 Å². The molecule has 0 unspecified atom stereocenters. The second kappa shape index (κ2) is 5.12. The van der Waals surface area contributed by atoms with Crippen LogP contribution in [0.15, 0.2) is 29.8 Å². The van der Waals surface area contributed by atoms with E-state index in [1.165, 1.54) is 16.0 Å². The van der Waals surface area contributed by atoms with E-state index in [1.807, 2.05) is 23.6 Å².